The van der Waals surface area contributed by atoms with E-state index in [1.54, 1.807) is 0 Å². The predicted molar refractivity (Wildman–Crippen MR) is 145 cm³/mol. The van der Waals surface area contributed by atoms with Crippen LogP contribution in [-0.4, -0.2) is 124 Å². The van der Waals surface area contributed by atoms with Crippen LogP contribution in [0.25, 0.3) is 0 Å². The number of hydrogen-bond donors (Lipinski definition) is 8. The Hall–Kier alpha value is -4.28. The number of carbonyl (C=O) groups excluding carboxylic acids is 5. The van der Waals surface area contributed by atoms with Crippen LogP contribution in [0.3, 0.4) is 0 Å². The second kappa shape index (κ2) is 14.6. The average Bonchev–Trinajstić information content (AvgIpc) is 3.61. The molecule has 2 aliphatic heterocycles. The summed E-state index contributed by atoms with van der Waals surface area (Å²) in [6.07, 6.45) is -0.410. The number of β-amino-alcohol motifs (C(OH)–C–C–N with tert-alkyl or cyclic N) is 1. The van der Waals surface area contributed by atoms with Crippen molar-refractivity contribution in [1.82, 2.24) is 25.8 Å². The van der Waals surface area contributed by atoms with Crippen molar-refractivity contribution in [2.75, 3.05) is 32.7 Å². The number of carboxylic acids is 1. The summed E-state index contributed by atoms with van der Waals surface area (Å²) in [5.41, 5.74) is 11.3. The molecule has 3 rings (SSSR count). The number of rotatable bonds is 12. The molecule has 2 aliphatic rings. The molecule has 5 atom stereocenters. The third-order valence-electron chi connectivity index (χ3n) is 7.20. The fourth-order valence-corrected chi connectivity index (χ4v) is 5.03. The highest BCUT2D eigenvalue weighted by molar-refractivity contribution is 5.95. The lowest BCUT2D eigenvalue weighted by Crippen LogP contribution is -2.56. The van der Waals surface area contributed by atoms with Crippen molar-refractivity contribution in [3.8, 4) is 5.75 Å². The van der Waals surface area contributed by atoms with Gasteiger partial charge in [0.1, 0.15) is 29.9 Å². The quantitative estimate of drug-likeness (QED) is 0.116. The Bertz CT molecular complexity index is 1180. The van der Waals surface area contributed by atoms with Crippen LogP contribution in [0.1, 0.15) is 24.8 Å². The van der Waals surface area contributed by atoms with Gasteiger partial charge >= 0.3 is 5.97 Å². The van der Waals surface area contributed by atoms with Gasteiger partial charge in [0.15, 0.2) is 0 Å². The molecule has 0 unspecified atom stereocenters. The number of likely N-dealkylation sites (tertiary alicyclic amines) is 2. The molecule has 0 radical (unpaired) electrons. The highest BCUT2D eigenvalue weighted by Crippen LogP contribution is 2.25. The molecule has 230 valence electrons. The molecule has 2 saturated heterocycles. The third kappa shape index (κ3) is 8.14. The van der Waals surface area contributed by atoms with E-state index in [-0.39, 0.29) is 51.2 Å². The van der Waals surface area contributed by atoms with Crippen LogP contribution in [0.15, 0.2) is 24.3 Å². The molecule has 0 aliphatic carbocycles. The van der Waals surface area contributed by atoms with Gasteiger partial charge < -0.3 is 52.5 Å². The summed E-state index contributed by atoms with van der Waals surface area (Å²) in [6.45, 7) is -1.12. The fourth-order valence-electron chi connectivity index (χ4n) is 5.03. The first kappa shape index (κ1) is 32.2. The molecular formula is C26H37N7O9. The largest absolute Gasteiger partial charge is 0.508 e. The molecule has 1 aromatic carbocycles. The van der Waals surface area contributed by atoms with Gasteiger partial charge in [-0.1, -0.05) is 12.1 Å². The fraction of sp³-hybridized carbons (Fsp3) is 0.538. The van der Waals surface area contributed by atoms with Gasteiger partial charge in [-0.25, -0.2) is 4.79 Å². The van der Waals surface area contributed by atoms with Crippen molar-refractivity contribution < 1.29 is 44.1 Å². The van der Waals surface area contributed by atoms with Crippen LogP contribution < -0.4 is 27.4 Å². The maximum atomic E-state index is 13.6. The average molecular weight is 592 g/mol. The highest BCUT2D eigenvalue weighted by atomic mass is 16.4. The zero-order chi connectivity index (χ0) is 31.0. The van der Waals surface area contributed by atoms with Crippen molar-refractivity contribution in [3.63, 3.8) is 0 Å². The molecule has 10 N–H and O–H groups in total. The highest BCUT2D eigenvalue weighted by Gasteiger charge is 2.45. The molecular weight excluding hydrogens is 554 g/mol. The van der Waals surface area contributed by atoms with Gasteiger partial charge in [0, 0.05) is 32.5 Å². The molecule has 5 amide bonds. The molecule has 16 heteroatoms. The Morgan fingerprint density at radius 1 is 0.976 bits per heavy atom. The number of benzene rings is 1. The third-order valence-corrected chi connectivity index (χ3v) is 7.20. The lowest BCUT2D eigenvalue weighted by molar-refractivity contribution is -0.147. The van der Waals surface area contributed by atoms with Crippen molar-refractivity contribution in [1.29, 1.82) is 0 Å². The maximum absolute atomic E-state index is 13.6. The van der Waals surface area contributed by atoms with E-state index in [0.717, 1.165) is 4.90 Å². The topological polar surface area (TPSA) is 258 Å². The van der Waals surface area contributed by atoms with Gasteiger partial charge in [-0.05, 0) is 30.5 Å². The van der Waals surface area contributed by atoms with E-state index in [4.69, 9.17) is 11.5 Å². The van der Waals surface area contributed by atoms with Crippen LogP contribution in [0.2, 0.25) is 0 Å². The van der Waals surface area contributed by atoms with Crippen LogP contribution >= 0.6 is 0 Å². The number of carbonyl (C=O) groups is 6. The number of carboxylic acid groups (broad SMARTS) is 1. The summed E-state index contributed by atoms with van der Waals surface area (Å²) >= 11 is 0. The molecule has 1 aromatic rings. The first-order chi connectivity index (χ1) is 19.9. The number of phenols is 1. The number of nitrogens with one attached hydrogen (secondary N) is 3. The van der Waals surface area contributed by atoms with Crippen LogP contribution in [0.5, 0.6) is 5.75 Å². The van der Waals surface area contributed by atoms with Crippen LogP contribution in [-0.2, 0) is 35.2 Å². The van der Waals surface area contributed by atoms with E-state index < -0.39 is 72.3 Å². The number of aliphatic hydroxyl groups excluding tert-OH is 1. The summed E-state index contributed by atoms with van der Waals surface area (Å²) in [5, 5.41) is 36.5. The van der Waals surface area contributed by atoms with Gasteiger partial charge in [-0.3, -0.25) is 24.0 Å². The minimum absolute atomic E-state index is 0.0115. The number of aliphatic carboxylic acids is 1. The van der Waals surface area contributed by atoms with Crippen molar-refractivity contribution in [2.24, 2.45) is 11.5 Å². The minimum atomic E-state index is -1.29. The van der Waals surface area contributed by atoms with E-state index in [1.165, 1.54) is 29.2 Å². The second-order valence-electron chi connectivity index (χ2n) is 10.2. The number of amides is 5. The van der Waals surface area contributed by atoms with Gasteiger partial charge in [0.25, 0.3) is 0 Å². The number of nitrogens with two attached hydrogens (primary N) is 2. The molecule has 2 heterocycles. The molecule has 42 heavy (non-hydrogen) atoms. The number of nitrogens with zero attached hydrogens (tertiary/aromatic N) is 2. The number of phenolic OH excluding ortho intramolecular Hbond substituents is 1. The van der Waals surface area contributed by atoms with Gasteiger partial charge in [-0.15, -0.1) is 0 Å². The van der Waals surface area contributed by atoms with Crippen LogP contribution in [0.4, 0.5) is 0 Å². The molecule has 0 saturated carbocycles. The smallest absolute Gasteiger partial charge is 0.326 e. The Morgan fingerprint density at radius 2 is 1.67 bits per heavy atom. The van der Waals surface area contributed by atoms with Crippen molar-refractivity contribution in [3.05, 3.63) is 29.8 Å². The standard InChI is InChI=1S/C26H37N7O9/c27-10-18(30-21(36)11-28)23(38)29-12-22(37)33-13-16(35)9-20(33)25(40)32-7-1-2-19(32)24(39)31-17(26(41)42)8-14-3-5-15(34)6-4-14/h3-6,16-20,34-35H,1-2,7-13,27-28H2,(H,29,38)(H,30,36)(H,31,39)(H,41,42)/t16-,17-,18-,19-,20-/m1/s1. The van der Waals surface area contributed by atoms with Gasteiger partial charge in [0.05, 0.1) is 19.2 Å². The zero-order valence-electron chi connectivity index (χ0n) is 22.9. The first-order valence-corrected chi connectivity index (χ1v) is 13.5. The lowest BCUT2D eigenvalue weighted by atomic mass is 10.0. The lowest BCUT2D eigenvalue weighted by Gasteiger charge is -2.31. The van der Waals surface area contributed by atoms with Crippen molar-refractivity contribution in [2.45, 2.75) is 56.0 Å². The summed E-state index contributed by atoms with van der Waals surface area (Å²) in [4.78, 5) is 77.8. The summed E-state index contributed by atoms with van der Waals surface area (Å²) in [7, 11) is 0. The monoisotopic (exact) mass is 591 g/mol. The summed E-state index contributed by atoms with van der Waals surface area (Å²) in [6, 6.07) is 1.38. The Balaban J connectivity index is 1.64. The molecule has 0 aromatic heterocycles. The van der Waals surface area contributed by atoms with Gasteiger partial charge in [0.2, 0.25) is 29.5 Å². The summed E-state index contributed by atoms with van der Waals surface area (Å²) in [5.74, 6) is -4.51. The van der Waals surface area contributed by atoms with Crippen LogP contribution in [0, 0.1) is 0 Å². The normalized spacial score (nSPS) is 21.4. The van der Waals surface area contributed by atoms with Crippen molar-refractivity contribution >= 4 is 35.5 Å². The second-order valence-corrected chi connectivity index (χ2v) is 10.2. The van der Waals surface area contributed by atoms with E-state index in [0.29, 0.717) is 12.0 Å². The maximum Gasteiger partial charge on any atom is 0.326 e. The molecule has 2 fully saturated rings. The van der Waals surface area contributed by atoms with E-state index in [2.05, 4.69) is 16.0 Å². The Kier molecular flexibility index (Phi) is 11.2. The van der Waals surface area contributed by atoms with Gasteiger partial charge in [-0.2, -0.15) is 0 Å². The molecule has 0 spiro atoms. The SMILES string of the molecule is NCC(=O)N[C@H](CN)C(=O)NCC(=O)N1C[C@H](O)C[C@@H]1C(=O)N1CCC[C@@H]1C(=O)N[C@H](Cc1ccc(O)cc1)C(=O)O. The molecule has 16 nitrogen and oxygen atoms in total. The zero-order valence-corrected chi connectivity index (χ0v) is 22.9. The number of aliphatic hydroxyl groups is 1. The molecule has 0 bridgehead atoms. The van der Waals surface area contributed by atoms with E-state index in [9.17, 15) is 44.1 Å². The number of aromatic hydroxyl groups is 1. The predicted octanol–water partition coefficient (Wildman–Crippen LogP) is -4.02. The Morgan fingerprint density at radius 3 is 2.29 bits per heavy atom. The first-order valence-electron chi connectivity index (χ1n) is 13.5. The Labute approximate surface area is 241 Å². The minimum Gasteiger partial charge on any atom is -0.508 e. The summed E-state index contributed by atoms with van der Waals surface area (Å²) < 4.78 is 0. The number of hydrogen-bond acceptors (Lipinski definition) is 10. The van der Waals surface area contributed by atoms with E-state index in [1.807, 2.05) is 0 Å². The van der Waals surface area contributed by atoms with E-state index >= 15 is 0 Å².